The maximum absolute atomic E-state index is 10.3. The first-order valence-electron chi connectivity index (χ1n) is 3.90. The molecule has 0 saturated carbocycles. The highest BCUT2D eigenvalue weighted by molar-refractivity contribution is 4.58. The zero-order valence-corrected chi connectivity index (χ0v) is 6.96. The molecule has 0 aromatic rings. The topological polar surface area (TPSA) is 92.8 Å². The summed E-state index contributed by atoms with van der Waals surface area (Å²) in [6.07, 6.45) is 0.446. The van der Waals surface area contributed by atoms with Crippen molar-refractivity contribution >= 4 is 0 Å². The highest BCUT2D eigenvalue weighted by Crippen LogP contribution is 2.02. The molecular formula is C5H10N4O4. The minimum Gasteiger partial charge on any atom is -0.235 e. The Morgan fingerprint density at radius 2 is 1.23 bits per heavy atom. The third kappa shape index (κ3) is 2.42. The lowest BCUT2D eigenvalue weighted by Gasteiger charge is -2.10. The molecule has 8 nitrogen and oxygen atoms in total. The van der Waals surface area contributed by atoms with Crippen LogP contribution in [0.4, 0.5) is 0 Å². The van der Waals surface area contributed by atoms with Gasteiger partial charge >= 0.3 is 0 Å². The lowest BCUT2D eigenvalue weighted by Crippen LogP contribution is -2.36. The molecule has 0 bridgehead atoms. The normalized spacial score (nSPS) is 18.2. The molecule has 0 aliphatic carbocycles. The summed E-state index contributed by atoms with van der Waals surface area (Å²) in [4.78, 5) is 20.7. The summed E-state index contributed by atoms with van der Waals surface area (Å²) in [5, 5.41) is 21.6. The van der Waals surface area contributed by atoms with Gasteiger partial charge in [0.05, 0.1) is 13.1 Å². The molecule has 1 aliphatic heterocycles. The smallest absolute Gasteiger partial charge is 0.160 e. The Hall–Kier alpha value is -1.60. The molecule has 74 valence electrons. The van der Waals surface area contributed by atoms with Crippen molar-refractivity contribution in [1.29, 1.82) is 0 Å². The minimum absolute atomic E-state index is 0.105. The second-order valence-electron chi connectivity index (χ2n) is 2.74. The summed E-state index contributed by atoms with van der Waals surface area (Å²) < 4.78 is 0. The van der Waals surface area contributed by atoms with E-state index in [4.69, 9.17) is 0 Å². The molecule has 0 N–H and O–H groups in total. The van der Waals surface area contributed by atoms with Crippen LogP contribution in [0.2, 0.25) is 0 Å². The average Bonchev–Trinajstić information content (AvgIpc) is 2.27. The van der Waals surface area contributed by atoms with Crippen LogP contribution in [0.1, 0.15) is 6.42 Å². The van der Waals surface area contributed by atoms with E-state index < -0.39 is 10.1 Å². The molecule has 8 heteroatoms. The Balaban J connectivity index is 2.48. The van der Waals surface area contributed by atoms with Gasteiger partial charge < -0.3 is 0 Å². The maximum atomic E-state index is 10.3. The molecule has 1 heterocycles. The fourth-order valence-corrected chi connectivity index (χ4v) is 1.22. The summed E-state index contributed by atoms with van der Waals surface area (Å²) in [6.45, 7) is 0.761. The van der Waals surface area contributed by atoms with Crippen molar-refractivity contribution in [1.82, 2.24) is 10.0 Å². The number of rotatable bonds is 2. The van der Waals surface area contributed by atoms with E-state index in [0.29, 0.717) is 6.42 Å². The molecular weight excluding hydrogens is 180 g/mol. The van der Waals surface area contributed by atoms with Crippen LogP contribution in [0.3, 0.4) is 0 Å². The van der Waals surface area contributed by atoms with Crippen molar-refractivity contribution in [2.45, 2.75) is 6.42 Å². The Morgan fingerprint density at radius 1 is 0.846 bits per heavy atom. The number of hydrogen-bond acceptors (Lipinski definition) is 4. The molecule has 0 aromatic carbocycles. The van der Waals surface area contributed by atoms with Gasteiger partial charge in [0, 0.05) is 0 Å². The third-order valence-electron chi connectivity index (χ3n) is 1.91. The number of nitro groups is 2. The average molecular weight is 190 g/mol. The summed E-state index contributed by atoms with van der Waals surface area (Å²) in [6, 6.07) is 0. The van der Waals surface area contributed by atoms with Crippen molar-refractivity contribution in [2.24, 2.45) is 0 Å². The van der Waals surface area contributed by atoms with E-state index in [1.54, 1.807) is 0 Å². The third-order valence-corrected chi connectivity index (χ3v) is 1.91. The van der Waals surface area contributed by atoms with Crippen LogP contribution in [-0.2, 0) is 0 Å². The Bertz CT molecular complexity index is 199. The van der Waals surface area contributed by atoms with E-state index in [0.717, 1.165) is 10.0 Å². The van der Waals surface area contributed by atoms with Crippen molar-refractivity contribution in [3.63, 3.8) is 0 Å². The zero-order valence-electron chi connectivity index (χ0n) is 6.96. The highest BCUT2D eigenvalue weighted by Gasteiger charge is 2.24. The lowest BCUT2D eigenvalue weighted by molar-refractivity contribution is -0.666. The van der Waals surface area contributed by atoms with E-state index >= 15 is 0 Å². The van der Waals surface area contributed by atoms with E-state index in [2.05, 4.69) is 0 Å². The van der Waals surface area contributed by atoms with Gasteiger partial charge in [0.1, 0.15) is 13.1 Å². The fourth-order valence-electron chi connectivity index (χ4n) is 1.22. The first-order valence-corrected chi connectivity index (χ1v) is 3.90. The predicted molar refractivity (Wildman–Crippen MR) is 41.8 cm³/mol. The maximum Gasteiger partial charge on any atom is 0.160 e. The summed E-state index contributed by atoms with van der Waals surface area (Å²) >= 11 is 0. The van der Waals surface area contributed by atoms with Gasteiger partial charge in [-0.3, -0.25) is 0 Å². The summed E-state index contributed by atoms with van der Waals surface area (Å²) in [7, 11) is 0. The molecule has 0 aromatic heterocycles. The van der Waals surface area contributed by atoms with Crippen LogP contribution in [0.15, 0.2) is 0 Å². The molecule has 1 fully saturated rings. The number of nitrogens with zero attached hydrogens (tertiary/aromatic N) is 4. The molecule has 0 unspecified atom stereocenters. The summed E-state index contributed by atoms with van der Waals surface area (Å²) in [5.41, 5.74) is 0. The predicted octanol–water partition coefficient (Wildman–Crippen LogP) is -0.623. The van der Waals surface area contributed by atoms with Gasteiger partial charge in [-0.15, -0.1) is 10.0 Å². The van der Waals surface area contributed by atoms with Gasteiger partial charge in [0.2, 0.25) is 0 Å². The molecule has 0 radical (unpaired) electrons. The SMILES string of the molecule is O=[N+]([O-])N1CCCN([N+](=O)[O-])CC1. The van der Waals surface area contributed by atoms with Crippen molar-refractivity contribution in [2.75, 3.05) is 26.2 Å². The van der Waals surface area contributed by atoms with Crippen LogP contribution >= 0.6 is 0 Å². The largest absolute Gasteiger partial charge is 0.235 e. The molecule has 13 heavy (non-hydrogen) atoms. The first-order chi connectivity index (χ1) is 6.11. The van der Waals surface area contributed by atoms with Gasteiger partial charge in [-0.2, -0.15) is 0 Å². The molecule has 0 amide bonds. The molecule has 1 rings (SSSR count). The number of hydrazine groups is 2. The van der Waals surface area contributed by atoms with Crippen LogP contribution in [0.25, 0.3) is 0 Å². The quantitative estimate of drug-likeness (QED) is 0.425. The van der Waals surface area contributed by atoms with Crippen molar-refractivity contribution in [3.8, 4) is 0 Å². The van der Waals surface area contributed by atoms with Crippen molar-refractivity contribution < 1.29 is 10.1 Å². The van der Waals surface area contributed by atoms with Crippen LogP contribution < -0.4 is 0 Å². The lowest BCUT2D eigenvalue weighted by atomic mass is 10.4. The molecule has 0 atom stereocenters. The van der Waals surface area contributed by atoms with Gasteiger partial charge in [-0.25, -0.2) is 20.2 Å². The number of hydrogen-bond donors (Lipinski definition) is 0. The van der Waals surface area contributed by atoms with Gasteiger partial charge in [0.25, 0.3) is 0 Å². The molecule has 0 spiro atoms. The highest BCUT2D eigenvalue weighted by atomic mass is 16.7. The van der Waals surface area contributed by atoms with E-state index in [1.165, 1.54) is 0 Å². The van der Waals surface area contributed by atoms with E-state index in [-0.39, 0.29) is 26.2 Å². The summed E-state index contributed by atoms with van der Waals surface area (Å²) in [5.74, 6) is 0. The monoisotopic (exact) mass is 190 g/mol. The minimum atomic E-state index is -0.510. The Kier molecular flexibility index (Phi) is 2.83. The first kappa shape index (κ1) is 9.49. The molecule has 1 aliphatic rings. The van der Waals surface area contributed by atoms with Gasteiger partial charge in [-0.1, -0.05) is 0 Å². The van der Waals surface area contributed by atoms with E-state index in [9.17, 15) is 20.2 Å². The van der Waals surface area contributed by atoms with Crippen LogP contribution in [-0.4, -0.2) is 46.3 Å². The van der Waals surface area contributed by atoms with Gasteiger partial charge in [-0.05, 0) is 6.42 Å². The molecule has 1 saturated heterocycles. The van der Waals surface area contributed by atoms with Crippen LogP contribution in [0.5, 0.6) is 0 Å². The second-order valence-corrected chi connectivity index (χ2v) is 2.74. The Labute approximate surface area is 74.0 Å². The van der Waals surface area contributed by atoms with Gasteiger partial charge in [0.15, 0.2) is 10.1 Å². The Morgan fingerprint density at radius 3 is 1.54 bits per heavy atom. The van der Waals surface area contributed by atoms with Crippen LogP contribution in [0, 0.1) is 20.2 Å². The standard InChI is InChI=1S/C5H10N4O4/c10-8(11)6-2-1-3-7(5-4-6)9(12)13/h1-5H2. The van der Waals surface area contributed by atoms with E-state index in [1.807, 2.05) is 0 Å². The second kappa shape index (κ2) is 3.87. The fraction of sp³-hybridized carbons (Fsp3) is 1.00. The zero-order chi connectivity index (χ0) is 9.84. The van der Waals surface area contributed by atoms with Crippen molar-refractivity contribution in [3.05, 3.63) is 20.2 Å².